The quantitative estimate of drug-likeness (QED) is 0.895. The fourth-order valence-corrected chi connectivity index (χ4v) is 3.89. The Bertz CT molecular complexity index is 805. The maximum Gasteiger partial charge on any atom is 0.287 e. The fourth-order valence-electron chi connectivity index (χ4n) is 3.60. The van der Waals surface area contributed by atoms with Crippen LogP contribution in [0, 0.1) is 0 Å². The number of fused-ring (bicyclic) bond motifs is 1. The van der Waals surface area contributed by atoms with Gasteiger partial charge in [-0.15, -0.1) is 0 Å². The van der Waals surface area contributed by atoms with Gasteiger partial charge in [0.15, 0.2) is 0 Å². The number of H-pyrrole nitrogens is 1. The van der Waals surface area contributed by atoms with Gasteiger partial charge in [-0.3, -0.25) is 14.8 Å². The summed E-state index contributed by atoms with van der Waals surface area (Å²) in [6.45, 7) is 4.41. The lowest BCUT2D eigenvalue weighted by molar-refractivity contribution is 0.246. The summed E-state index contributed by atoms with van der Waals surface area (Å²) in [5.41, 5.74) is 4.44. The second-order valence-electron chi connectivity index (χ2n) is 6.52. The van der Waals surface area contributed by atoms with Crippen molar-refractivity contribution in [1.82, 2.24) is 24.9 Å². The third-order valence-electron chi connectivity index (χ3n) is 5.04. The Morgan fingerprint density at radius 1 is 1.25 bits per heavy atom. The van der Waals surface area contributed by atoms with Gasteiger partial charge in [0.25, 0.3) is 5.56 Å². The second kappa shape index (κ2) is 6.22. The molecule has 1 saturated heterocycles. The van der Waals surface area contributed by atoms with Crippen molar-refractivity contribution in [3.8, 4) is 0 Å². The zero-order chi connectivity index (χ0) is 16.7. The first-order chi connectivity index (χ1) is 11.6. The molecule has 24 heavy (non-hydrogen) atoms. The molecule has 1 N–H and O–H groups in total. The SMILES string of the molecule is Cn1ncc(N2CCN(Cc3n[nH]c4c3CCC4)CC2)c(Cl)c1=O. The summed E-state index contributed by atoms with van der Waals surface area (Å²) in [7, 11) is 1.61. The Morgan fingerprint density at radius 3 is 2.83 bits per heavy atom. The molecule has 3 heterocycles. The number of nitrogens with zero attached hydrogens (tertiary/aromatic N) is 5. The first-order valence-corrected chi connectivity index (χ1v) is 8.75. The van der Waals surface area contributed by atoms with Crippen LogP contribution in [-0.2, 0) is 26.4 Å². The van der Waals surface area contributed by atoms with E-state index in [4.69, 9.17) is 11.6 Å². The Morgan fingerprint density at radius 2 is 2.04 bits per heavy atom. The highest BCUT2D eigenvalue weighted by Crippen LogP contribution is 2.25. The van der Waals surface area contributed by atoms with E-state index in [2.05, 4.69) is 25.1 Å². The van der Waals surface area contributed by atoms with Crippen LogP contribution in [0.2, 0.25) is 5.02 Å². The first-order valence-electron chi connectivity index (χ1n) is 8.37. The Labute approximate surface area is 145 Å². The van der Waals surface area contributed by atoms with E-state index in [1.165, 1.54) is 28.1 Å². The van der Waals surface area contributed by atoms with E-state index in [0.29, 0.717) is 0 Å². The molecule has 0 amide bonds. The molecule has 2 aliphatic rings. The van der Waals surface area contributed by atoms with Crippen LogP contribution in [0.15, 0.2) is 11.0 Å². The number of hydrogen-bond acceptors (Lipinski definition) is 5. The van der Waals surface area contributed by atoms with Crippen LogP contribution in [0.5, 0.6) is 0 Å². The number of nitrogens with one attached hydrogen (secondary N) is 1. The van der Waals surface area contributed by atoms with Crippen LogP contribution in [0.4, 0.5) is 5.69 Å². The van der Waals surface area contributed by atoms with Gasteiger partial charge in [-0.2, -0.15) is 10.2 Å². The van der Waals surface area contributed by atoms with Gasteiger partial charge >= 0.3 is 0 Å². The van der Waals surface area contributed by atoms with Gasteiger partial charge in [-0.1, -0.05) is 11.6 Å². The van der Waals surface area contributed by atoms with Crippen LogP contribution in [0.25, 0.3) is 0 Å². The molecule has 0 bridgehead atoms. The summed E-state index contributed by atoms with van der Waals surface area (Å²) in [4.78, 5) is 16.5. The molecule has 7 nitrogen and oxygen atoms in total. The van der Waals surface area contributed by atoms with Crippen molar-refractivity contribution < 1.29 is 0 Å². The van der Waals surface area contributed by atoms with Crippen molar-refractivity contribution in [2.24, 2.45) is 7.05 Å². The molecule has 128 valence electrons. The number of piperazine rings is 1. The monoisotopic (exact) mass is 348 g/mol. The molecular formula is C16H21ClN6O. The van der Waals surface area contributed by atoms with Crippen molar-refractivity contribution in [1.29, 1.82) is 0 Å². The van der Waals surface area contributed by atoms with Crippen LogP contribution < -0.4 is 10.5 Å². The van der Waals surface area contributed by atoms with E-state index in [1.807, 2.05) is 0 Å². The smallest absolute Gasteiger partial charge is 0.287 e. The van der Waals surface area contributed by atoms with E-state index in [-0.39, 0.29) is 10.6 Å². The maximum absolute atomic E-state index is 11.9. The summed E-state index contributed by atoms with van der Waals surface area (Å²) in [6, 6.07) is 0. The molecular weight excluding hydrogens is 328 g/mol. The van der Waals surface area contributed by atoms with Crippen LogP contribution >= 0.6 is 11.6 Å². The van der Waals surface area contributed by atoms with Crippen LogP contribution in [0.1, 0.15) is 23.4 Å². The molecule has 8 heteroatoms. The molecule has 4 rings (SSSR count). The van der Waals surface area contributed by atoms with E-state index in [0.717, 1.165) is 51.3 Å². The van der Waals surface area contributed by atoms with Crippen molar-refractivity contribution >= 4 is 17.3 Å². The van der Waals surface area contributed by atoms with E-state index < -0.39 is 0 Å². The van der Waals surface area contributed by atoms with Crippen molar-refractivity contribution in [2.45, 2.75) is 25.8 Å². The Hall–Kier alpha value is -1.86. The first kappa shape index (κ1) is 15.7. The lowest BCUT2D eigenvalue weighted by Gasteiger charge is -2.35. The Kier molecular flexibility index (Phi) is 4.05. The molecule has 0 atom stereocenters. The highest BCUT2D eigenvalue weighted by molar-refractivity contribution is 6.33. The number of rotatable bonds is 3. The molecule has 1 aliphatic carbocycles. The van der Waals surface area contributed by atoms with Gasteiger partial charge in [-0.25, -0.2) is 4.68 Å². The van der Waals surface area contributed by atoms with Gasteiger partial charge in [0, 0.05) is 45.5 Å². The van der Waals surface area contributed by atoms with Crippen molar-refractivity contribution in [3.63, 3.8) is 0 Å². The zero-order valence-corrected chi connectivity index (χ0v) is 14.5. The lowest BCUT2D eigenvalue weighted by Crippen LogP contribution is -2.46. The third kappa shape index (κ3) is 2.71. The highest BCUT2D eigenvalue weighted by Gasteiger charge is 2.24. The molecule has 1 aliphatic heterocycles. The molecule has 2 aromatic heterocycles. The van der Waals surface area contributed by atoms with Crippen molar-refractivity contribution in [2.75, 3.05) is 31.1 Å². The number of halogens is 1. The van der Waals surface area contributed by atoms with Gasteiger partial charge < -0.3 is 4.90 Å². The summed E-state index contributed by atoms with van der Waals surface area (Å²) in [5.74, 6) is 0. The van der Waals surface area contributed by atoms with Gasteiger partial charge in [0.1, 0.15) is 5.02 Å². The highest BCUT2D eigenvalue weighted by atomic mass is 35.5. The molecule has 0 aromatic carbocycles. The minimum absolute atomic E-state index is 0.247. The summed E-state index contributed by atoms with van der Waals surface area (Å²) < 4.78 is 1.26. The van der Waals surface area contributed by atoms with E-state index >= 15 is 0 Å². The molecule has 0 unspecified atom stereocenters. The molecule has 2 aromatic rings. The van der Waals surface area contributed by atoms with Crippen LogP contribution in [-0.4, -0.2) is 51.1 Å². The van der Waals surface area contributed by atoms with Crippen LogP contribution in [0.3, 0.4) is 0 Å². The van der Waals surface area contributed by atoms with Gasteiger partial charge in [0.2, 0.25) is 0 Å². The number of aryl methyl sites for hydroxylation is 2. The number of anilines is 1. The summed E-state index contributed by atoms with van der Waals surface area (Å²) in [5, 5.41) is 12.0. The molecule has 0 spiro atoms. The normalized spacial score (nSPS) is 18.2. The average molecular weight is 349 g/mol. The van der Waals surface area contributed by atoms with E-state index in [9.17, 15) is 4.79 Å². The minimum atomic E-state index is -0.247. The predicted octanol–water partition coefficient (Wildman–Crippen LogP) is 0.968. The fraction of sp³-hybridized carbons (Fsp3) is 0.562. The van der Waals surface area contributed by atoms with E-state index in [1.54, 1.807) is 13.2 Å². The average Bonchev–Trinajstić information content (AvgIpc) is 3.19. The summed E-state index contributed by atoms with van der Waals surface area (Å²) in [6.07, 6.45) is 5.19. The standard InChI is InChI=1S/C16H21ClN6O/c1-21-16(24)15(17)14(9-18-21)23-7-5-22(6-8-23)10-13-11-3-2-4-12(11)19-20-13/h9H,2-8,10H2,1H3,(H,19,20). The summed E-state index contributed by atoms with van der Waals surface area (Å²) >= 11 is 6.20. The minimum Gasteiger partial charge on any atom is -0.366 e. The third-order valence-corrected chi connectivity index (χ3v) is 5.39. The largest absolute Gasteiger partial charge is 0.366 e. The van der Waals surface area contributed by atoms with Crippen molar-refractivity contribution in [3.05, 3.63) is 38.5 Å². The topological polar surface area (TPSA) is 70.1 Å². The zero-order valence-electron chi connectivity index (χ0n) is 13.8. The molecule has 0 radical (unpaired) electrons. The number of hydrogen-bond donors (Lipinski definition) is 1. The number of aromatic nitrogens is 4. The number of aromatic amines is 1. The van der Waals surface area contributed by atoms with Gasteiger partial charge in [-0.05, 0) is 24.8 Å². The second-order valence-corrected chi connectivity index (χ2v) is 6.89. The maximum atomic E-state index is 11.9. The van der Waals surface area contributed by atoms with Gasteiger partial charge in [0.05, 0.1) is 17.6 Å². The molecule has 0 saturated carbocycles. The predicted molar refractivity (Wildman–Crippen MR) is 92.6 cm³/mol. The Balaban J connectivity index is 1.42. The lowest BCUT2D eigenvalue weighted by atomic mass is 10.2. The molecule has 1 fully saturated rings.